The number of methoxy groups -OCH3 is 1. The summed E-state index contributed by atoms with van der Waals surface area (Å²) in [4.78, 5) is 0.417. The number of hydrogen-bond acceptors (Lipinski definition) is 3. The van der Waals surface area contributed by atoms with E-state index in [0.29, 0.717) is 17.4 Å². The Kier molecular flexibility index (Phi) is 7.01. The third-order valence-corrected chi connectivity index (χ3v) is 8.45. The van der Waals surface area contributed by atoms with Gasteiger partial charge in [-0.3, -0.25) is 0 Å². The predicted molar refractivity (Wildman–Crippen MR) is 132 cm³/mol. The van der Waals surface area contributed by atoms with E-state index >= 15 is 0 Å². The number of hydrogen-bond donors (Lipinski definition) is 0. The first kappa shape index (κ1) is 24.3. The lowest BCUT2D eigenvalue weighted by molar-refractivity contribution is 0.316. The molecule has 0 aliphatic carbocycles. The molecule has 0 amide bonds. The van der Waals surface area contributed by atoms with E-state index < -0.39 is 10.0 Å². The predicted octanol–water partition coefficient (Wildman–Crippen LogP) is 5.93. The second kappa shape index (κ2) is 9.24. The van der Waals surface area contributed by atoms with E-state index in [4.69, 9.17) is 4.74 Å². The Balaban J connectivity index is 2.05. The van der Waals surface area contributed by atoms with Gasteiger partial charge in [-0.15, -0.1) is 0 Å². The van der Waals surface area contributed by atoms with Crippen LogP contribution in [0.25, 0.3) is 5.57 Å². The van der Waals surface area contributed by atoms with Crippen molar-refractivity contribution in [3.8, 4) is 5.75 Å². The van der Waals surface area contributed by atoms with Gasteiger partial charge in [0.25, 0.3) is 0 Å². The summed E-state index contributed by atoms with van der Waals surface area (Å²) in [6.45, 7) is 19.0. The first-order valence-corrected chi connectivity index (χ1v) is 12.5. The van der Waals surface area contributed by atoms with Crippen molar-refractivity contribution in [2.75, 3.05) is 13.7 Å². The lowest BCUT2D eigenvalue weighted by Gasteiger charge is -2.31. The van der Waals surface area contributed by atoms with Crippen LogP contribution in [0.5, 0.6) is 5.75 Å². The van der Waals surface area contributed by atoms with Crippen molar-refractivity contribution >= 4 is 15.6 Å². The average Bonchev–Trinajstić information content (AvgIpc) is 3.02. The van der Waals surface area contributed by atoms with Crippen molar-refractivity contribution in [3.63, 3.8) is 0 Å². The molecule has 4 nitrogen and oxygen atoms in total. The summed E-state index contributed by atoms with van der Waals surface area (Å²) >= 11 is 0. The quantitative estimate of drug-likeness (QED) is 0.489. The van der Waals surface area contributed by atoms with Crippen molar-refractivity contribution in [2.24, 2.45) is 11.8 Å². The van der Waals surface area contributed by atoms with E-state index in [1.54, 1.807) is 11.4 Å². The molecule has 0 spiro atoms. The molecule has 2 aromatic carbocycles. The van der Waals surface area contributed by atoms with E-state index in [0.717, 1.165) is 45.6 Å². The lowest BCUT2D eigenvalue weighted by atomic mass is 9.82. The lowest BCUT2D eigenvalue weighted by Crippen LogP contribution is -2.39. The van der Waals surface area contributed by atoms with E-state index in [-0.39, 0.29) is 12.0 Å². The zero-order valence-electron chi connectivity index (χ0n) is 20.1. The van der Waals surface area contributed by atoms with Crippen LogP contribution in [0.1, 0.15) is 42.5 Å². The topological polar surface area (TPSA) is 46.6 Å². The second-order valence-corrected chi connectivity index (χ2v) is 11.2. The van der Waals surface area contributed by atoms with Crippen LogP contribution < -0.4 is 4.74 Å². The minimum atomic E-state index is -3.69. The molecule has 0 saturated carbocycles. The van der Waals surface area contributed by atoms with Crippen LogP contribution in [0.2, 0.25) is 0 Å². The fraction of sp³-hybridized carbons (Fsp3) is 0.407. The number of rotatable bonds is 7. The smallest absolute Gasteiger partial charge is 0.244 e. The third kappa shape index (κ3) is 4.55. The fourth-order valence-corrected chi connectivity index (χ4v) is 7.07. The van der Waals surface area contributed by atoms with Gasteiger partial charge in [-0.25, -0.2) is 8.42 Å². The Bertz CT molecular complexity index is 1110. The highest BCUT2D eigenvalue weighted by Crippen LogP contribution is 2.43. The maximum atomic E-state index is 14.0. The minimum Gasteiger partial charge on any atom is -0.497 e. The van der Waals surface area contributed by atoms with Crippen LogP contribution in [-0.4, -0.2) is 32.4 Å². The summed E-state index contributed by atoms with van der Waals surface area (Å²) < 4.78 is 34.8. The van der Waals surface area contributed by atoms with Crippen molar-refractivity contribution in [2.45, 2.75) is 52.0 Å². The van der Waals surface area contributed by atoms with Crippen LogP contribution in [0.3, 0.4) is 0 Å². The molecule has 1 aliphatic rings. The standard InChI is InChI=1S/C27H35NO3S/c1-17(2)13-25-26(22(7)23-9-11-24(31-8)12-10-23)21(6)16-28(25)32(29,30)27-19(4)14-18(3)15-20(27)5/h9-12,14-15,17,25-26H,6-7,13,16H2,1-5,8H3/t25-,26+/m0/s1. The third-order valence-electron chi connectivity index (χ3n) is 6.27. The van der Waals surface area contributed by atoms with E-state index in [1.807, 2.05) is 57.2 Å². The average molecular weight is 454 g/mol. The summed E-state index contributed by atoms with van der Waals surface area (Å²) in [6.07, 6.45) is 0.738. The molecule has 1 saturated heterocycles. The van der Waals surface area contributed by atoms with Gasteiger partial charge in [-0.05, 0) is 67.5 Å². The fourth-order valence-electron chi connectivity index (χ4n) is 5.01. The molecular weight excluding hydrogens is 418 g/mol. The van der Waals surface area contributed by atoms with Gasteiger partial charge in [-0.1, -0.05) is 62.4 Å². The molecule has 5 heteroatoms. The molecule has 2 aromatic rings. The Morgan fingerprint density at radius 3 is 2.19 bits per heavy atom. The van der Waals surface area contributed by atoms with Gasteiger partial charge >= 0.3 is 0 Å². The SMILES string of the molecule is C=C1CN(S(=O)(=O)c2c(C)cc(C)cc2C)[C@@H](CC(C)C)[C@H]1C(=C)c1ccc(OC)cc1. The van der Waals surface area contributed by atoms with Gasteiger partial charge in [0, 0.05) is 18.5 Å². The molecule has 0 radical (unpaired) electrons. The largest absolute Gasteiger partial charge is 0.497 e. The van der Waals surface area contributed by atoms with Gasteiger partial charge in [-0.2, -0.15) is 4.31 Å². The van der Waals surface area contributed by atoms with Gasteiger partial charge in [0.05, 0.1) is 12.0 Å². The highest BCUT2D eigenvalue weighted by atomic mass is 32.2. The Labute approximate surface area is 193 Å². The Hall–Kier alpha value is -2.37. The Morgan fingerprint density at radius 2 is 1.69 bits per heavy atom. The first-order valence-electron chi connectivity index (χ1n) is 11.1. The number of benzene rings is 2. The van der Waals surface area contributed by atoms with Crippen LogP contribution >= 0.6 is 0 Å². The molecule has 0 N–H and O–H groups in total. The number of ether oxygens (including phenoxy) is 1. The highest BCUT2D eigenvalue weighted by molar-refractivity contribution is 7.89. The maximum absolute atomic E-state index is 14.0. The first-order chi connectivity index (χ1) is 15.0. The van der Waals surface area contributed by atoms with Crippen LogP contribution in [0.4, 0.5) is 0 Å². The van der Waals surface area contributed by atoms with Crippen molar-refractivity contribution in [3.05, 3.63) is 77.4 Å². The summed E-state index contributed by atoms with van der Waals surface area (Å²) in [5.41, 5.74) is 5.41. The molecule has 3 rings (SSSR count). The van der Waals surface area contributed by atoms with E-state index in [9.17, 15) is 8.42 Å². The maximum Gasteiger partial charge on any atom is 0.244 e. The van der Waals surface area contributed by atoms with Crippen LogP contribution in [0.15, 0.2) is 60.0 Å². The monoisotopic (exact) mass is 453 g/mol. The van der Waals surface area contributed by atoms with Crippen molar-refractivity contribution in [1.82, 2.24) is 4.31 Å². The molecular formula is C27H35NO3S. The number of sulfonamides is 1. The van der Waals surface area contributed by atoms with Gasteiger partial charge in [0.2, 0.25) is 10.0 Å². The Morgan fingerprint density at radius 1 is 1.12 bits per heavy atom. The molecule has 0 unspecified atom stereocenters. The molecule has 1 fully saturated rings. The normalized spacial score (nSPS) is 19.5. The zero-order chi connectivity index (χ0) is 23.8. The van der Waals surface area contributed by atoms with E-state index in [2.05, 4.69) is 27.0 Å². The summed E-state index contributed by atoms with van der Waals surface area (Å²) in [7, 11) is -2.05. The second-order valence-electron chi connectivity index (χ2n) is 9.36. The minimum absolute atomic E-state index is 0.133. The molecule has 1 heterocycles. The number of nitrogens with zero attached hydrogens (tertiary/aromatic N) is 1. The molecule has 2 atom stereocenters. The molecule has 32 heavy (non-hydrogen) atoms. The molecule has 0 bridgehead atoms. The zero-order valence-corrected chi connectivity index (χ0v) is 20.9. The van der Waals surface area contributed by atoms with Crippen LogP contribution in [-0.2, 0) is 10.0 Å². The highest BCUT2D eigenvalue weighted by Gasteiger charge is 2.45. The summed E-state index contributed by atoms with van der Waals surface area (Å²) in [6, 6.07) is 11.4. The van der Waals surface area contributed by atoms with Crippen molar-refractivity contribution in [1.29, 1.82) is 0 Å². The summed E-state index contributed by atoms with van der Waals surface area (Å²) in [5, 5.41) is 0. The van der Waals surface area contributed by atoms with Gasteiger partial charge in [0.1, 0.15) is 5.75 Å². The molecule has 1 aliphatic heterocycles. The van der Waals surface area contributed by atoms with Gasteiger partial charge < -0.3 is 4.74 Å². The van der Waals surface area contributed by atoms with Crippen LogP contribution in [0, 0.1) is 32.6 Å². The van der Waals surface area contributed by atoms with Crippen molar-refractivity contribution < 1.29 is 13.2 Å². The van der Waals surface area contributed by atoms with Gasteiger partial charge in [0.15, 0.2) is 0 Å². The molecule has 0 aromatic heterocycles. The van der Waals surface area contributed by atoms with E-state index in [1.165, 1.54) is 0 Å². The number of aryl methyl sites for hydroxylation is 3. The molecule has 172 valence electrons. The summed E-state index contributed by atoms with van der Waals surface area (Å²) in [5.74, 6) is 0.974.